The van der Waals surface area contributed by atoms with Crippen molar-refractivity contribution in [3.63, 3.8) is 0 Å². The molecule has 0 atom stereocenters. The zero-order chi connectivity index (χ0) is 14.8. The lowest BCUT2D eigenvalue weighted by Gasteiger charge is -2.26. The zero-order valence-electron chi connectivity index (χ0n) is 9.05. The van der Waals surface area contributed by atoms with Gasteiger partial charge in [-0.15, -0.1) is 0 Å². The Morgan fingerprint density at radius 3 is 2.16 bits per heavy atom. The number of benzene rings is 1. The third kappa shape index (κ3) is 2.91. The summed E-state index contributed by atoms with van der Waals surface area (Å²) < 4.78 is 78.5. The normalized spacial score (nSPS) is 12.6. The maximum atomic E-state index is 13.0. The Kier molecular flexibility index (Phi) is 3.97. The molecule has 0 saturated heterocycles. The van der Waals surface area contributed by atoms with Crippen molar-refractivity contribution in [2.45, 2.75) is 18.5 Å². The topological polar surface area (TPSA) is 52.3 Å². The molecule has 1 amide bonds. The summed E-state index contributed by atoms with van der Waals surface area (Å²) in [6, 6.07) is 3.94. The number of hydrogen-bond donors (Lipinski definition) is 1. The molecular formula is C10H7F6NO2. The van der Waals surface area contributed by atoms with Crippen LogP contribution < -0.4 is 10.5 Å². The van der Waals surface area contributed by atoms with Crippen LogP contribution in [-0.4, -0.2) is 24.4 Å². The second-order valence-corrected chi connectivity index (χ2v) is 3.40. The van der Waals surface area contributed by atoms with Crippen molar-refractivity contribution in [2.75, 3.05) is 0 Å². The van der Waals surface area contributed by atoms with Crippen LogP contribution in [0.4, 0.5) is 26.3 Å². The van der Waals surface area contributed by atoms with Crippen molar-refractivity contribution in [2.24, 2.45) is 5.73 Å². The van der Waals surface area contributed by atoms with Crippen LogP contribution in [0.25, 0.3) is 0 Å². The highest BCUT2D eigenvalue weighted by Crippen LogP contribution is 2.41. The van der Waals surface area contributed by atoms with E-state index in [1.807, 2.05) is 0 Å². The van der Waals surface area contributed by atoms with Gasteiger partial charge in [-0.1, -0.05) is 12.1 Å². The van der Waals surface area contributed by atoms with Gasteiger partial charge in [-0.25, -0.2) is 8.78 Å². The van der Waals surface area contributed by atoms with Crippen molar-refractivity contribution in [1.82, 2.24) is 0 Å². The SMILES string of the molecule is NC(=O)c1ccccc1OC(F)(F)C(F)(F)C(F)F. The predicted octanol–water partition coefficient (Wildman–Crippen LogP) is 2.66. The minimum Gasteiger partial charge on any atom is -0.427 e. The van der Waals surface area contributed by atoms with E-state index in [2.05, 4.69) is 4.74 Å². The first-order chi connectivity index (χ1) is 8.59. The minimum absolute atomic E-state index is 0.632. The second-order valence-electron chi connectivity index (χ2n) is 3.40. The fourth-order valence-electron chi connectivity index (χ4n) is 1.09. The number of halogens is 6. The Hall–Kier alpha value is -1.93. The molecule has 0 aromatic heterocycles. The van der Waals surface area contributed by atoms with Crippen LogP contribution in [0.3, 0.4) is 0 Å². The number of amides is 1. The molecule has 0 radical (unpaired) electrons. The van der Waals surface area contributed by atoms with Gasteiger partial charge in [0.1, 0.15) is 5.75 Å². The molecule has 0 aliphatic carbocycles. The summed E-state index contributed by atoms with van der Waals surface area (Å²) in [5.74, 6) is -7.95. The van der Waals surface area contributed by atoms with Gasteiger partial charge in [0.05, 0.1) is 5.56 Å². The zero-order valence-corrected chi connectivity index (χ0v) is 9.05. The van der Waals surface area contributed by atoms with Crippen LogP contribution in [0.15, 0.2) is 24.3 Å². The highest BCUT2D eigenvalue weighted by molar-refractivity contribution is 5.95. The number of rotatable bonds is 5. The molecule has 9 heteroatoms. The number of para-hydroxylation sites is 1. The standard InChI is InChI=1S/C10H7F6NO2/c11-8(12)9(13,14)10(15,16)19-6-4-2-1-3-5(6)7(17)18/h1-4,8H,(H2,17,18). The molecule has 0 aliphatic heterocycles. The second kappa shape index (κ2) is 4.98. The van der Waals surface area contributed by atoms with Crippen LogP contribution in [0, 0.1) is 0 Å². The van der Waals surface area contributed by atoms with Gasteiger partial charge >= 0.3 is 18.5 Å². The molecule has 0 aliphatic rings. The summed E-state index contributed by atoms with van der Waals surface area (Å²) in [5.41, 5.74) is 4.17. The first-order valence-electron chi connectivity index (χ1n) is 4.71. The fourth-order valence-corrected chi connectivity index (χ4v) is 1.09. The summed E-state index contributed by atoms with van der Waals surface area (Å²) in [4.78, 5) is 10.9. The Balaban J connectivity index is 3.12. The lowest BCUT2D eigenvalue weighted by Crippen LogP contribution is -2.50. The molecule has 1 rings (SSSR count). The van der Waals surface area contributed by atoms with Crippen LogP contribution in [0.1, 0.15) is 10.4 Å². The summed E-state index contributed by atoms with van der Waals surface area (Å²) >= 11 is 0. The highest BCUT2D eigenvalue weighted by atomic mass is 19.3. The Morgan fingerprint density at radius 2 is 1.68 bits per heavy atom. The quantitative estimate of drug-likeness (QED) is 0.846. The van der Waals surface area contributed by atoms with Crippen molar-refractivity contribution >= 4 is 5.91 Å². The van der Waals surface area contributed by atoms with Gasteiger partial charge in [-0.05, 0) is 12.1 Å². The molecule has 106 valence electrons. The van der Waals surface area contributed by atoms with Gasteiger partial charge in [0.2, 0.25) is 0 Å². The van der Waals surface area contributed by atoms with Crippen molar-refractivity contribution in [3.8, 4) is 5.75 Å². The number of alkyl halides is 6. The Morgan fingerprint density at radius 1 is 1.16 bits per heavy atom. The highest BCUT2D eigenvalue weighted by Gasteiger charge is 2.66. The van der Waals surface area contributed by atoms with Gasteiger partial charge in [0.25, 0.3) is 5.91 Å². The first kappa shape index (κ1) is 15.1. The molecule has 0 fully saturated rings. The van der Waals surface area contributed by atoms with Crippen LogP contribution in [-0.2, 0) is 0 Å². The molecular weight excluding hydrogens is 280 g/mol. The first-order valence-corrected chi connectivity index (χ1v) is 4.71. The number of hydrogen-bond acceptors (Lipinski definition) is 2. The van der Waals surface area contributed by atoms with Gasteiger partial charge in [-0.2, -0.15) is 17.6 Å². The third-order valence-corrected chi connectivity index (χ3v) is 2.05. The van der Waals surface area contributed by atoms with E-state index in [0.29, 0.717) is 0 Å². The van der Waals surface area contributed by atoms with E-state index in [-0.39, 0.29) is 0 Å². The average molecular weight is 287 g/mol. The molecule has 1 aromatic rings. The molecule has 0 bridgehead atoms. The lowest BCUT2D eigenvalue weighted by molar-refractivity contribution is -0.342. The summed E-state index contributed by atoms with van der Waals surface area (Å²) in [5, 5.41) is 0. The van der Waals surface area contributed by atoms with Gasteiger partial charge in [0, 0.05) is 0 Å². The van der Waals surface area contributed by atoms with E-state index in [0.717, 1.165) is 18.2 Å². The van der Waals surface area contributed by atoms with Crippen molar-refractivity contribution in [3.05, 3.63) is 29.8 Å². The molecule has 0 spiro atoms. The van der Waals surface area contributed by atoms with Gasteiger partial charge in [0.15, 0.2) is 0 Å². The van der Waals surface area contributed by atoms with Crippen molar-refractivity contribution in [1.29, 1.82) is 0 Å². The van der Waals surface area contributed by atoms with Crippen LogP contribution in [0.5, 0.6) is 5.75 Å². The Bertz CT molecular complexity index is 477. The molecule has 0 unspecified atom stereocenters. The van der Waals surface area contributed by atoms with E-state index in [4.69, 9.17) is 5.73 Å². The van der Waals surface area contributed by atoms with E-state index in [1.54, 1.807) is 0 Å². The number of primary amides is 1. The predicted molar refractivity (Wildman–Crippen MR) is 51.5 cm³/mol. The smallest absolute Gasteiger partial charge is 0.427 e. The van der Waals surface area contributed by atoms with E-state index in [1.165, 1.54) is 6.07 Å². The number of nitrogens with two attached hydrogens (primary N) is 1. The summed E-state index contributed by atoms with van der Waals surface area (Å²) in [7, 11) is 0. The molecule has 19 heavy (non-hydrogen) atoms. The number of ether oxygens (including phenoxy) is 1. The van der Waals surface area contributed by atoms with Gasteiger partial charge in [-0.3, -0.25) is 4.79 Å². The number of carbonyl (C=O) groups is 1. The maximum Gasteiger partial charge on any atom is 0.470 e. The number of carbonyl (C=O) groups excluding carboxylic acids is 1. The van der Waals surface area contributed by atoms with Gasteiger partial charge < -0.3 is 10.5 Å². The minimum atomic E-state index is -5.71. The fraction of sp³-hybridized carbons (Fsp3) is 0.300. The van der Waals surface area contributed by atoms with Crippen molar-refractivity contribution < 1.29 is 35.9 Å². The molecule has 0 heterocycles. The van der Waals surface area contributed by atoms with E-state index in [9.17, 15) is 31.1 Å². The monoisotopic (exact) mass is 287 g/mol. The maximum absolute atomic E-state index is 13.0. The average Bonchev–Trinajstić information content (AvgIpc) is 2.28. The third-order valence-electron chi connectivity index (χ3n) is 2.05. The molecule has 2 N–H and O–H groups in total. The lowest BCUT2D eigenvalue weighted by atomic mass is 10.2. The van der Waals surface area contributed by atoms with E-state index < -0.39 is 35.7 Å². The Labute approximate surface area is 102 Å². The summed E-state index contributed by atoms with van der Waals surface area (Å²) in [6.07, 6.45) is -10.1. The molecule has 0 saturated carbocycles. The van der Waals surface area contributed by atoms with E-state index >= 15 is 0 Å². The molecule has 3 nitrogen and oxygen atoms in total. The summed E-state index contributed by atoms with van der Waals surface area (Å²) in [6.45, 7) is 0. The molecule has 1 aromatic carbocycles. The van der Waals surface area contributed by atoms with Crippen LogP contribution in [0.2, 0.25) is 0 Å². The largest absolute Gasteiger partial charge is 0.470 e. The van der Waals surface area contributed by atoms with Crippen LogP contribution >= 0.6 is 0 Å².